The van der Waals surface area contributed by atoms with Crippen LogP contribution in [0.2, 0.25) is 5.02 Å². The fraction of sp³-hybridized carbons (Fsp3) is 0.462. The molecule has 2 rings (SSSR count). The summed E-state index contributed by atoms with van der Waals surface area (Å²) in [7, 11) is -3.55. The monoisotopic (exact) mass is 316 g/mol. The largest absolute Gasteiger partial charge is 0.355 e. The van der Waals surface area contributed by atoms with E-state index in [-0.39, 0.29) is 11.7 Å². The van der Waals surface area contributed by atoms with Gasteiger partial charge >= 0.3 is 0 Å². The van der Waals surface area contributed by atoms with Gasteiger partial charge in [0.25, 0.3) is 0 Å². The van der Waals surface area contributed by atoms with E-state index >= 15 is 0 Å². The van der Waals surface area contributed by atoms with E-state index in [1.54, 1.807) is 24.3 Å². The Balaban J connectivity index is 2.02. The number of sulfonamides is 1. The maximum atomic E-state index is 12.1. The normalized spacial score (nSPS) is 20.2. The number of halogens is 1. The first-order valence-corrected chi connectivity index (χ1v) is 8.51. The van der Waals surface area contributed by atoms with Gasteiger partial charge < -0.3 is 5.32 Å². The van der Waals surface area contributed by atoms with Crippen molar-refractivity contribution in [2.24, 2.45) is 0 Å². The maximum Gasteiger partial charge on any atom is 0.238 e. The van der Waals surface area contributed by atoms with Gasteiger partial charge in [-0.3, -0.25) is 4.79 Å². The molecule has 0 spiro atoms. The van der Waals surface area contributed by atoms with Crippen LogP contribution in [0.4, 0.5) is 0 Å². The molecule has 0 aromatic heterocycles. The lowest BCUT2D eigenvalue weighted by molar-refractivity contribution is -0.122. The average molecular weight is 317 g/mol. The molecule has 1 fully saturated rings. The predicted octanol–water partition coefficient (Wildman–Crippen LogP) is 1.43. The summed E-state index contributed by atoms with van der Waals surface area (Å²) in [5.41, 5.74) is 0.635. The molecular weight excluding hydrogens is 300 g/mol. The fourth-order valence-corrected chi connectivity index (χ4v) is 3.61. The van der Waals surface area contributed by atoms with Crippen LogP contribution in [-0.2, 0) is 20.6 Å². The number of rotatable bonds is 4. The second kappa shape index (κ2) is 6.56. The molecule has 20 heavy (non-hydrogen) atoms. The highest BCUT2D eigenvalue weighted by atomic mass is 35.5. The first kappa shape index (κ1) is 15.3. The van der Waals surface area contributed by atoms with Gasteiger partial charge in [0.2, 0.25) is 15.9 Å². The third-order valence-corrected chi connectivity index (χ3v) is 4.74. The van der Waals surface area contributed by atoms with Crippen LogP contribution in [-0.4, -0.2) is 26.9 Å². The summed E-state index contributed by atoms with van der Waals surface area (Å²) in [6.07, 6.45) is 2.24. The smallest absolute Gasteiger partial charge is 0.238 e. The zero-order valence-corrected chi connectivity index (χ0v) is 12.5. The highest BCUT2D eigenvalue weighted by Gasteiger charge is 2.25. The topological polar surface area (TPSA) is 75.3 Å². The van der Waals surface area contributed by atoms with Crippen LogP contribution in [0.3, 0.4) is 0 Å². The minimum Gasteiger partial charge on any atom is -0.355 e. The van der Waals surface area contributed by atoms with Crippen molar-refractivity contribution in [3.63, 3.8) is 0 Å². The van der Waals surface area contributed by atoms with Crippen molar-refractivity contribution in [2.45, 2.75) is 31.1 Å². The van der Waals surface area contributed by atoms with Crippen LogP contribution in [0.25, 0.3) is 0 Å². The molecular formula is C13H17ClN2O3S. The summed E-state index contributed by atoms with van der Waals surface area (Å²) in [5.74, 6) is -0.407. The van der Waals surface area contributed by atoms with Crippen LogP contribution >= 0.6 is 11.6 Å². The minimum absolute atomic E-state index is 0.159. The van der Waals surface area contributed by atoms with E-state index in [4.69, 9.17) is 11.6 Å². The van der Waals surface area contributed by atoms with E-state index in [9.17, 15) is 13.2 Å². The van der Waals surface area contributed by atoms with Gasteiger partial charge in [0.1, 0.15) is 6.04 Å². The molecule has 7 heteroatoms. The van der Waals surface area contributed by atoms with Crippen LogP contribution in [0.1, 0.15) is 24.8 Å². The Hall–Kier alpha value is -1.11. The number of carbonyl (C=O) groups excluding carboxylic acids is 1. The van der Waals surface area contributed by atoms with Crippen LogP contribution in [0, 0.1) is 0 Å². The highest BCUT2D eigenvalue weighted by molar-refractivity contribution is 7.88. The van der Waals surface area contributed by atoms with Gasteiger partial charge in [-0.1, -0.05) is 23.7 Å². The van der Waals surface area contributed by atoms with Crippen molar-refractivity contribution < 1.29 is 13.2 Å². The number of hydrogen-bond donors (Lipinski definition) is 2. The third-order valence-electron chi connectivity index (χ3n) is 3.13. The zero-order valence-electron chi connectivity index (χ0n) is 10.9. The number of carbonyl (C=O) groups is 1. The SMILES string of the molecule is O=C1NCCCC[C@@H]1NS(=O)(=O)Cc1ccc(Cl)cc1. The van der Waals surface area contributed by atoms with Crippen molar-refractivity contribution >= 4 is 27.5 Å². The molecule has 0 unspecified atom stereocenters. The van der Waals surface area contributed by atoms with Gasteiger partial charge in [0, 0.05) is 11.6 Å². The summed E-state index contributed by atoms with van der Waals surface area (Å²) >= 11 is 5.76. The molecule has 0 radical (unpaired) electrons. The van der Waals surface area contributed by atoms with Crippen molar-refractivity contribution in [2.75, 3.05) is 6.54 Å². The number of hydrogen-bond acceptors (Lipinski definition) is 3. The summed E-state index contributed by atoms with van der Waals surface area (Å²) in [5, 5.41) is 3.26. The van der Waals surface area contributed by atoms with E-state index in [1.807, 2.05) is 0 Å². The van der Waals surface area contributed by atoms with E-state index in [2.05, 4.69) is 10.0 Å². The minimum atomic E-state index is -3.55. The first-order chi connectivity index (χ1) is 9.46. The molecule has 1 aliphatic rings. The Morgan fingerprint density at radius 2 is 1.95 bits per heavy atom. The molecule has 1 heterocycles. The molecule has 1 amide bonds. The zero-order chi connectivity index (χ0) is 14.6. The lowest BCUT2D eigenvalue weighted by Crippen LogP contribution is -2.45. The Kier molecular flexibility index (Phi) is 5.01. The Morgan fingerprint density at radius 3 is 2.65 bits per heavy atom. The Bertz CT molecular complexity index is 572. The Labute approximate surface area is 123 Å². The predicted molar refractivity (Wildman–Crippen MR) is 77.9 cm³/mol. The molecule has 0 bridgehead atoms. The molecule has 2 N–H and O–H groups in total. The van der Waals surface area contributed by atoms with Gasteiger partial charge in [-0.2, -0.15) is 0 Å². The van der Waals surface area contributed by atoms with E-state index < -0.39 is 16.1 Å². The number of amides is 1. The standard InChI is InChI=1S/C13H17ClN2O3S/c14-11-6-4-10(5-7-11)9-20(18,19)16-12-3-1-2-8-15-13(12)17/h4-7,12,16H,1-3,8-9H2,(H,15,17)/t12-/m0/s1. The van der Waals surface area contributed by atoms with Gasteiger partial charge in [-0.25, -0.2) is 13.1 Å². The van der Waals surface area contributed by atoms with E-state index in [0.29, 0.717) is 23.6 Å². The lowest BCUT2D eigenvalue weighted by Gasteiger charge is -2.15. The van der Waals surface area contributed by atoms with Crippen LogP contribution < -0.4 is 10.0 Å². The van der Waals surface area contributed by atoms with Crippen molar-refractivity contribution in [1.29, 1.82) is 0 Å². The first-order valence-electron chi connectivity index (χ1n) is 6.48. The molecule has 5 nitrogen and oxygen atoms in total. The molecule has 1 atom stereocenters. The van der Waals surface area contributed by atoms with Gasteiger partial charge in [-0.15, -0.1) is 0 Å². The van der Waals surface area contributed by atoms with Crippen molar-refractivity contribution in [3.8, 4) is 0 Å². The molecule has 0 aliphatic carbocycles. The molecule has 1 aromatic carbocycles. The second-order valence-corrected chi connectivity index (χ2v) is 7.03. The third kappa shape index (κ3) is 4.47. The lowest BCUT2D eigenvalue weighted by atomic mass is 10.1. The second-order valence-electron chi connectivity index (χ2n) is 4.84. The summed E-state index contributed by atoms with van der Waals surface area (Å²) in [6.45, 7) is 0.605. The van der Waals surface area contributed by atoms with Crippen LogP contribution in [0.15, 0.2) is 24.3 Å². The van der Waals surface area contributed by atoms with E-state index in [0.717, 1.165) is 12.8 Å². The molecule has 110 valence electrons. The van der Waals surface area contributed by atoms with Crippen LogP contribution in [0.5, 0.6) is 0 Å². The Morgan fingerprint density at radius 1 is 1.25 bits per heavy atom. The average Bonchev–Trinajstić information content (AvgIpc) is 2.57. The highest BCUT2D eigenvalue weighted by Crippen LogP contribution is 2.13. The van der Waals surface area contributed by atoms with Crippen molar-refractivity contribution in [3.05, 3.63) is 34.9 Å². The van der Waals surface area contributed by atoms with Gasteiger partial charge in [0.15, 0.2) is 0 Å². The summed E-state index contributed by atoms with van der Waals surface area (Å²) < 4.78 is 26.6. The van der Waals surface area contributed by atoms with E-state index in [1.165, 1.54) is 0 Å². The quantitative estimate of drug-likeness (QED) is 0.882. The summed E-state index contributed by atoms with van der Waals surface area (Å²) in [4.78, 5) is 11.7. The molecule has 0 saturated carbocycles. The van der Waals surface area contributed by atoms with Crippen molar-refractivity contribution in [1.82, 2.24) is 10.0 Å². The molecule has 1 saturated heterocycles. The summed E-state index contributed by atoms with van der Waals surface area (Å²) in [6, 6.07) is 5.94. The fourth-order valence-electron chi connectivity index (χ4n) is 2.11. The molecule has 1 aromatic rings. The maximum absolute atomic E-state index is 12.1. The number of nitrogens with one attached hydrogen (secondary N) is 2. The van der Waals surface area contributed by atoms with Gasteiger partial charge in [-0.05, 0) is 37.0 Å². The van der Waals surface area contributed by atoms with Gasteiger partial charge in [0.05, 0.1) is 5.75 Å². The molecule has 1 aliphatic heterocycles. The number of benzene rings is 1.